The summed E-state index contributed by atoms with van der Waals surface area (Å²) < 4.78 is 39.8. The number of nitrogens with zero attached hydrogens (tertiary/aromatic N) is 2. The van der Waals surface area contributed by atoms with E-state index in [0.29, 0.717) is 5.56 Å². The molecule has 0 atom stereocenters. The molecule has 1 N–H and O–H groups in total. The molecular formula is C39H39Br2N2O3S+. The molecule has 0 heterocycles. The minimum absolute atomic E-state index is 0.123. The van der Waals surface area contributed by atoms with Gasteiger partial charge in [-0.1, -0.05) is 88.9 Å². The van der Waals surface area contributed by atoms with Crippen LogP contribution in [-0.4, -0.2) is 36.3 Å². The fourth-order valence-corrected chi connectivity index (χ4v) is 6.91. The first-order valence-corrected chi connectivity index (χ1v) is 18.9. The van der Waals surface area contributed by atoms with Crippen molar-refractivity contribution in [3.05, 3.63) is 147 Å². The standard InChI is InChI=1S/C39H38Br2N2O3S/c1-3-5-27-42(35-23-15-31(40)16-24-35)33-19-11-29(12-20-33)39(37-9-7-8-10-38(37)47(44,45)46)30-13-21-34(22-14-30)43(28-6-4-2)36-25-17-32(41)18-26-36/h7-26H,3-6,27-28H2,1-2H3/p+1. The lowest BCUT2D eigenvalue weighted by Gasteiger charge is -2.26. The zero-order valence-corrected chi connectivity index (χ0v) is 30.6. The van der Waals surface area contributed by atoms with Gasteiger partial charge in [-0.05, 0) is 89.9 Å². The van der Waals surface area contributed by atoms with Crippen LogP contribution in [0.15, 0.2) is 141 Å². The minimum atomic E-state index is -4.48. The van der Waals surface area contributed by atoms with Crippen LogP contribution in [0.3, 0.4) is 0 Å². The topological polar surface area (TPSA) is 60.6 Å². The average Bonchev–Trinajstić information content (AvgIpc) is 3.08. The third-order valence-corrected chi connectivity index (χ3v) is 10.1. The molecule has 0 aliphatic heterocycles. The van der Waals surface area contributed by atoms with E-state index in [1.807, 2.05) is 48.6 Å². The summed E-state index contributed by atoms with van der Waals surface area (Å²) in [5.74, 6) is 0. The quantitative estimate of drug-likeness (QED) is 0.115. The van der Waals surface area contributed by atoms with Gasteiger partial charge in [0.2, 0.25) is 11.4 Å². The number of anilines is 2. The molecule has 5 rings (SSSR count). The van der Waals surface area contributed by atoms with Crippen LogP contribution in [0.5, 0.6) is 0 Å². The van der Waals surface area contributed by atoms with E-state index in [2.05, 4.69) is 104 Å². The van der Waals surface area contributed by atoms with Crippen LogP contribution in [0.25, 0.3) is 5.57 Å². The molecule has 47 heavy (non-hydrogen) atoms. The van der Waals surface area contributed by atoms with Crippen LogP contribution >= 0.6 is 31.9 Å². The monoisotopic (exact) mass is 773 g/mol. The predicted octanol–water partition coefficient (Wildman–Crippen LogP) is 10.9. The predicted molar refractivity (Wildman–Crippen MR) is 202 cm³/mol. The van der Waals surface area contributed by atoms with Crippen LogP contribution in [0.2, 0.25) is 0 Å². The Kier molecular flexibility index (Phi) is 11.9. The van der Waals surface area contributed by atoms with E-state index in [1.165, 1.54) is 6.07 Å². The second kappa shape index (κ2) is 16.0. The van der Waals surface area contributed by atoms with Crippen molar-refractivity contribution < 1.29 is 17.5 Å². The molecular weight excluding hydrogens is 736 g/mol. The first kappa shape index (κ1) is 34.8. The Morgan fingerprint density at radius 2 is 1.28 bits per heavy atom. The smallest absolute Gasteiger partial charge is 0.295 e. The Hall–Kier alpha value is -3.56. The van der Waals surface area contributed by atoms with Gasteiger partial charge in [-0.2, -0.15) is 13.0 Å². The highest BCUT2D eigenvalue weighted by molar-refractivity contribution is 9.10. The third kappa shape index (κ3) is 8.68. The molecule has 4 aromatic rings. The van der Waals surface area contributed by atoms with Gasteiger partial charge in [-0.3, -0.25) is 4.55 Å². The van der Waals surface area contributed by atoms with E-state index in [-0.39, 0.29) is 4.90 Å². The van der Waals surface area contributed by atoms with Gasteiger partial charge in [-0.15, -0.1) is 0 Å². The molecule has 0 amide bonds. The number of hydrogen-bond donors (Lipinski definition) is 1. The molecule has 0 unspecified atom stereocenters. The summed E-state index contributed by atoms with van der Waals surface area (Å²) in [6.45, 7) is 6.11. The van der Waals surface area contributed by atoms with E-state index < -0.39 is 10.1 Å². The Labute approximate surface area is 295 Å². The number of halogens is 2. The molecule has 0 saturated heterocycles. The Morgan fingerprint density at radius 3 is 1.85 bits per heavy atom. The summed E-state index contributed by atoms with van der Waals surface area (Å²) in [6.07, 6.45) is 12.5. The number of hydrogen-bond acceptors (Lipinski definition) is 3. The molecule has 1 aliphatic rings. The second-order valence-electron chi connectivity index (χ2n) is 11.4. The van der Waals surface area contributed by atoms with E-state index in [0.717, 1.165) is 87.2 Å². The Morgan fingerprint density at radius 1 is 0.723 bits per heavy atom. The van der Waals surface area contributed by atoms with Gasteiger partial charge < -0.3 is 4.90 Å². The normalized spacial score (nSPS) is 12.8. The average molecular weight is 776 g/mol. The summed E-state index contributed by atoms with van der Waals surface area (Å²) in [4.78, 5) is 2.18. The summed E-state index contributed by atoms with van der Waals surface area (Å²) in [5.41, 5.74) is 7.16. The minimum Gasteiger partial charge on any atom is -0.341 e. The van der Waals surface area contributed by atoms with Gasteiger partial charge in [0.05, 0.1) is 0 Å². The maximum absolute atomic E-state index is 12.6. The zero-order valence-electron chi connectivity index (χ0n) is 26.6. The summed E-state index contributed by atoms with van der Waals surface area (Å²) >= 11 is 7.09. The first-order valence-electron chi connectivity index (χ1n) is 15.9. The molecule has 1 aliphatic carbocycles. The Bertz CT molecular complexity index is 1910. The van der Waals surface area contributed by atoms with Crippen molar-refractivity contribution in [2.24, 2.45) is 0 Å². The van der Waals surface area contributed by atoms with Gasteiger partial charge in [0.1, 0.15) is 11.4 Å². The van der Waals surface area contributed by atoms with Gasteiger partial charge in [0.25, 0.3) is 10.1 Å². The van der Waals surface area contributed by atoms with Crippen molar-refractivity contribution >= 4 is 70.3 Å². The summed E-state index contributed by atoms with van der Waals surface area (Å²) in [6, 6.07) is 31.5. The van der Waals surface area contributed by atoms with E-state index in [9.17, 15) is 13.0 Å². The summed E-state index contributed by atoms with van der Waals surface area (Å²) in [5, 5.41) is 0. The van der Waals surface area contributed by atoms with Crippen LogP contribution in [-0.2, 0) is 10.1 Å². The van der Waals surface area contributed by atoms with Crippen molar-refractivity contribution in [2.75, 3.05) is 18.0 Å². The molecule has 4 aromatic carbocycles. The maximum Gasteiger partial charge on any atom is 0.295 e. The van der Waals surface area contributed by atoms with E-state index >= 15 is 0 Å². The van der Waals surface area contributed by atoms with Gasteiger partial charge in [0, 0.05) is 63.1 Å². The number of allylic oxidation sites excluding steroid dienone is 5. The number of rotatable bonds is 12. The van der Waals surface area contributed by atoms with Crippen LogP contribution < -0.4 is 4.90 Å². The van der Waals surface area contributed by atoms with Crippen LogP contribution in [0, 0.1) is 0 Å². The molecule has 0 bridgehead atoms. The maximum atomic E-state index is 12.6. The van der Waals surface area contributed by atoms with Crippen molar-refractivity contribution in [3.63, 3.8) is 0 Å². The fourth-order valence-electron chi connectivity index (χ4n) is 5.68. The first-order chi connectivity index (χ1) is 22.7. The molecule has 242 valence electrons. The van der Waals surface area contributed by atoms with Crippen LogP contribution in [0.4, 0.5) is 17.1 Å². The van der Waals surface area contributed by atoms with Crippen molar-refractivity contribution in [1.82, 2.24) is 0 Å². The largest absolute Gasteiger partial charge is 0.341 e. The molecule has 0 aromatic heterocycles. The fraction of sp³-hybridized carbons (Fsp3) is 0.205. The van der Waals surface area contributed by atoms with Crippen molar-refractivity contribution in [2.45, 2.75) is 44.4 Å². The van der Waals surface area contributed by atoms with E-state index in [1.54, 1.807) is 18.2 Å². The lowest BCUT2D eigenvalue weighted by atomic mass is 9.90. The van der Waals surface area contributed by atoms with Crippen molar-refractivity contribution in [1.29, 1.82) is 0 Å². The highest BCUT2D eigenvalue weighted by Crippen LogP contribution is 2.36. The number of unbranched alkanes of at least 4 members (excludes halogenated alkanes) is 2. The van der Waals surface area contributed by atoms with E-state index in [4.69, 9.17) is 0 Å². The summed E-state index contributed by atoms with van der Waals surface area (Å²) in [7, 11) is -4.48. The van der Waals surface area contributed by atoms with Gasteiger partial charge in [-0.25, -0.2) is 0 Å². The molecule has 0 radical (unpaired) electrons. The van der Waals surface area contributed by atoms with Gasteiger partial charge >= 0.3 is 0 Å². The molecule has 0 spiro atoms. The number of benzene rings is 4. The van der Waals surface area contributed by atoms with Crippen molar-refractivity contribution in [3.8, 4) is 0 Å². The SMILES string of the molecule is CCCCN(c1ccc(Br)cc1)c1ccc(C(=C2C=CC(=[N+](CCCC)c3ccc(Br)cc3)C=C2)c2ccccc2S(=O)(=O)O)cc1. The molecule has 0 fully saturated rings. The Balaban J connectivity index is 1.63. The molecule has 8 heteroatoms. The second-order valence-corrected chi connectivity index (χ2v) is 14.6. The van der Waals surface area contributed by atoms with Gasteiger partial charge in [0.15, 0.2) is 0 Å². The third-order valence-electron chi connectivity index (χ3n) is 8.12. The molecule has 5 nitrogen and oxygen atoms in total. The zero-order chi connectivity index (χ0) is 33.4. The molecule has 0 saturated carbocycles. The highest BCUT2D eigenvalue weighted by Gasteiger charge is 2.23. The lowest BCUT2D eigenvalue weighted by molar-refractivity contribution is -0.439. The lowest BCUT2D eigenvalue weighted by Crippen LogP contribution is -2.18. The van der Waals surface area contributed by atoms with Crippen LogP contribution in [0.1, 0.15) is 50.7 Å². The highest BCUT2D eigenvalue weighted by atomic mass is 79.9.